The van der Waals surface area contributed by atoms with Crippen LogP contribution in [0.15, 0.2) is 36.4 Å². The van der Waals surface area contributed by atoms with E-state index in [1.807, 2.05) is 19.9 Å². The highest BCUT2D eigenvalue weighted by atomic mass is 35.5. The van der Waals surface area contributed by atoms with Gasteiger partial charge < -0.3 is 10.1 Å². The summed E-state index contributed by atoms with van der Waals surface area (Å²) >= 11 is 11.8. The fourth-order valence-electron chi connectivity index (χ4n) is 2.08. The maximum atomic E-state index is 12.3. The van der Waals surface area contributed by atoms with Gasteiger partial charge in [0.15, 0.2) is 6.10 Å². The van der Waals surface area contributed by atoms with Crippen molar-refractivity contribution in [1.29, 1.82) is 0 Å². The predicted molar refractivity (Wildman–Crippen MR) is 95.9 cm³/mol. The number of hydrogen-bond acceptors (Lipinski definition) is 3. The molecule has 1 atom stereocenters. The highest BCUT2D eigenvalue weighted by Gasteiger charge is 2.21. The molecule has 0 aliphatic heterocycles. The summed E-state index contributed by atoms with van der Waals surface area (Å²) in [7, 11) is 0. The number of carbonyl (C=O) groups is 2. The van der Waals surface area contributed by atoms with Gasteiger partial charge in [-0.25, -0.2) is 4.79 Å². The summed E-state index contributed by atoms with van der Waals surface area (Å²) in [4.78, 5) is 24.4. The number of esters is 1. The average molecular weight is 366 g/mol. The van der Waals surface area contributed by atoms with Crippen LogP contribution < -0.4 is 5.32 Å². The number of carbonyl (C=O) groups excluding carboxylic acids is 2. The SMILES string of the molecule is Cc1cccc(C(=O)O[C@@H](C)C(=O)Nc2ccc(Cl)cc2Cl)c1C. The number of aryl methyl sites for hydroxylation is 1. The number of hydrogen-bond donors (Lipinski definition) is 1. The van der Waals surface area contributed by atoms with Crippen molar-refractivity contribution in [3.63, 3.8) is 0 Å². The molecule has 6 heteroatoms. The molecule has 0 aromatic heterocycles. The molecule has 4 nitrogen and oxygen atoms in total. The first kappa shape index (κ1) is 18.3. The molecule has 0 saturated heterocycles. The maximum absolute atomic E-state index is 12.3. The Hall–Kier alpha value is -2.04. The second-order valence-electron chi connectivity index (χ2n) is 5.41. The molecule has 0 fully saturated rings. The van der Waals surface area contributed by atoms with E-state index in [4.69, 9.17) is 27.9 Å². The van der Waals surface area contributed by atoms with Crippen LogP contribution in [0.2, 0.25) is 10.0 Å². The van der Waals surface area contributed by atoms with Gasteiger partial charge in [0.25, 0.3) is 5.91 Å². The van der Waals surface area contributed by atoms with Crippen LogP contribution in [-0.2, 0) is 9.53 Å². The molecule has 0 aliphatic carbocycles. The summed E-state index contributed by atoms with van der Waals surface area (Å²) in [6.45, 7) is 5.25. The Morgan fingerprint density at radius 1 is 1.12 bits per heavy atom. The van der Waals surface area contributed by atoms with Crippen LogP contribution in [0, 0.1) is 13.8 Å². The summed E-state index contributed by atoms with van der Waals surface area (Å²) in [6.07, 6.45) is -0.968. The van der Waals surface area contributed by atoms with Gasteiger partial charge in [-0.15, -0.1) is 0 Å². The van der Waals surface area contributed by atoms with Crippen LogP contribution >= 0.6 is 23.2 Å². The summed E-state index contributed by atoms with van der Waals surface area (Å²) < 4.78 is 5.25. The van der Waals surface area contributed by atoms with Crippen molar-refractivity contribution in [3.8, 4) is 0 Å². The maximum Gasteiger partial charge on any atom is 0.339 e. The second-order valence-corrected chi connectivity index (χ2v) is 6.25. The average Bonchev–Trinajstić information content (AvgIpc) is 2.52. The van der Waals surface area contributed by atoms with Crippen molar-refractivity contribution >= 4 is 40.8 Å². The van der Waals surface area contributed by atoms with Gasteiger partial charge in [-0.1, -0.05) is 35.3 Å². The standard InChI is InChI=1S/C18H17Cl2NO3/c1-10-5-4-6-14(11(10)2)18(23)24-12(3)17(22)21-16-8-7-13(19)9-15(16)20/h4-9,12H,1-3H3,(H,21,22)/t12-/m0/s1. The Bertz CT molecular complexity index is 790. The third-order valence-electron chi connectivity index (χ3n) is 3.67. The Balaban J connectivity index is 2.06. The molecular formula is C18H17Cl2NO3. The van der Waals surface area contributed by atoms with Crippen molar-refractivity contribution in [1.82, 2.24) is 0 Å². The molecule has 0 bridgehead atoms. The van der Waals surface area contributed by atoms with E-state index in [2.05, 4.69) is 5.32 Å². The molecule has 0 saturated carbocycles. The van der Waals surface area contributed by atoms with Crippen LogP contribution in [0.3, 0.4) is 0 Å². The van der Waals surface area contributed by atoms with E-state index in [1.54, 1.807) is 24.3 Å². The number of nitrogens with one attached hydrogen (secondary N) is 1. The van der Waals surface area contributed by atoms with Crippen molar-refractivity contribution in [2.75, 3.05) is 5.32 Å². The van der Waals surface area contributed by atoms with Gasteiger partial charge in [0, 0.05) is 5.02 Å². The first-order valence-corrected chi connectivity index (χ1v) is 8.08. The van der Waals surface area contributed by atoms with Crippen LogP contribution in [0.25, 0.3) is 0 Å². The zero-order chi connectivity index (χ0) is 17.9. The van der Waals surface area contributed by atoms with E-state index in [1.165, 1.54) is 13.0 Å². The smallest absolute Gasteiger partial charge is 0.339 e. The minimum Gasteiger partial charge on any atom is -0.449 e. The number of amides is 1. The summed E-state index contributed by atoms with van der Waals surface area (Å²) in [5, 5.41) is 3.39. The fraction of sp³-hybridized carbons (Fsp3) is 0.222. The van der Waals surface area contributed by atoms with E-state index in [0.717, 1.165) is 11.1 Å². The summed E-state index contributed by atoms with van der Waals surface area (Å²) in [5.74, 6) is -1.01. The molecule has 2 aromatic rings. The largest absolute Gasteiger partial charge is 0.449 e. The first-order chi connectivity index (χ1) is 11.3. The Labute approximate surface area is 150 Å². The molecule has 0 heterocycles. The third-order valence-corrected chi connectivity index (χ3v) is 4.21. The van der Waals surface area contributed by atoms with E-state index in [9.17, 15) is 9.59 Å². The van der Waals surface area contributed by atoms with E-state index >= 15 is 0 Å². The number of halogens is 2. The molecule has 0 radical (unpaired) electrons. The Morgan fingerprint density at radius 3 is 2.50 bits per heavy atom. The van der Waals surface area contributed by atoms with Crippen LogP contribution in [-0.4, -0.2) is 18.0 Å². The number of ether oxygens (including phenoxy) is 1. The first-order valence-electron chi connectivity index (χ1n) is 7.32. The lowest BCUT2D eigenvalue weighted by Gasteiger charge is -2.15. The second kappa shape index (κ2) is 7.69. The van der Waals surface area contributed by atoms with Crippen LogP contribution in [0.1, 0.15) is 28.4 Å². The lowest BCUT2D eigenvalue weighted by molar-refractivity contribution is -0.123. The molecule has 2 aromatic carbocycles. The lowest BCUT2D eigenvalue weighted by atomic mass is 10.0. The molecule has 2 rings (SSSR count). The minimum absolute atomic E-state index is 0.309. The molecule has 0 aliphatic rings. The summed E-state index contributed by atoms with van der Waals surface area (Å²) in [5.41, 5.74) is 2.66. The highest BCUT2D eigenvalue weighted by Crippen LogP contribution is 2.25. The normalized spacial score (nSPS) is 11.7. The van der Waals surface area contributed by atoms with Crippen molar-refractivity contribution in [2.45, 2.75) is 26.9 Å². The Kier molecular flexibility index (Phi) is 5.86. The predicted octanol–water partition coefficient (Wildman–Crippen LogP) is 4.79. The number of anilines is 1. The van der Waals surface area contributed by atoms with Crippen molar-refractivity contribution in [2.24, 2.45) is 0 Å². The van der Waals surface area contributed by atoms with Crippen molar-refractivity contribution < 1.29 is 14.3 Å². The number of rotatable bonds is 4. The molecule has 24 heavy (non-hydrogen) atoms. The zero-order valence-electron chi connectivity index (χ0n) is 13.5. The lowest BCUT2D eigenvalue weighted by Crippen LogP contribution is -2.30. The minimum atomic E-state index is -0.968. The monoisotopic (exact) mass is 365 g/mol. The molecular weight excluding hydrogens is 349 g/mol. The van der Waals surface area contributed by atoms with E-state index in [-0.39, 0.29) is 0 Å². The van der Waals surface area contributed by atoms with Gasteiger partial charge in [0.1, 0.15) is 0 Å². The third kappa shape index (κ3) is 4.28. The van der Waals surface area contributed by atoms with E-state index < -0.39 is 18.0 Å². The zero-order valence-corrected chi connectivity index (χ0v) is 15.0. The summed E-state index contributed by atoms with van der Waals surface area (Å²) in [6, 6.07) is 10.1. The highest BCUT2D eigenvalue weighted by molar-refractivity contribution is 6.36. The topological polar surface area (TPSA) is 55.4 Å². The van der Waals surface area contributed by atoms with Gasteiger partial charge in [-0.3, -0.25) is 4.79 Å². The molecule has 0 unspecified atom stereocenters. The molecule has 1 amide bonds. The molecule has 0 spiro atoms. The van der Waals surface area contributed by atoms with Gasteiger partial charge in [-0.2, -0.15) is 0 Å². The van der Waals surface area contributed by atoms with Crippen molar-refractivity contribution in [3.05, 3.63) is 63.1 Å². The quantitative estimate of drug-likeness (QED) is 0.792. The van der Waals surface area contributed by atoms with Gasteiger partial charge in [0.05, 0.1) is 16.3 Å². The van der Waals surface area contributed by atoms with Gasteiger partial charge in [-0.05, 0) is 56.2 Å². The Morgan fingerprint density at radius 2 is 1.83 bits per heavy atom. The van der Waals surface area contributed by atoms with Crippen LogP contribution in [0.5, 0.6) is 0 Å². The number of benzene rings is 2. The molecule has 1 N–H and O–H groups in total. The molecule has 126 valence electrons. The fourth-order valence-corrected chi connectivity index (χ4v) is 2.53. The van der Waals surface area contributed by atoms with Crippen LogP contribution in [0.4, 0.5) is 5.69 Å². The van der Waals surface area contributed by atoms with Gasteiger partial charge >= 0.3 is 5.97 Å². The van der Waals surface area contributed by atoms with Gasteiger partial charge in [0.2, 0.25) is 0 Å². The van der Waals surface area contributed by atoms with E-state index in [0.29, 0.717) is 21.3 Å².